The summed E-state index contributed by atoms with van der Waals surface area (Å²) in [6.45, 7) is 0. The first-order chi connectivity index (χ1) is 30.3. The lowest BCUT2D eigenvalue weighted by Gasteiger charge is -2.23. The van der Waals surface area contributed by atoms with Gasteiger partial charge in [-0.15, -0.1) is 0 Å². The van der Waals surface area contributed by atoms with Crippen molar-refractivity contribution in [3.05, 3.63) is 231 Å². The first-order valence-corrected chi connectivity index (χ1v) is 20.6. The molecule has 0 aliphatic heterocycles. The van der Waals surface area contributed by atoms with Gasteiger partial charge in [0.2, 0.25) is 0 Å². The molecule has 0 aliphatic rings. The van der Waals surface area contributed by atoms with Crippen molar-refractivity contribution in [2.24, 2.45) is 0 Å². The van der Waals surface area contributed by atoms with Crippen LogP contribution in [0.25, 0.3) is 106 Å². The van der Waals surface area contributed by atoms with E-state index >= 15 is 0 Å². The predicted molar refractivity (Wildman–Crippen MR) is 252 cm³/mol. The van der Waals surface area contributed by atoms with Crippen LogP contribution in [0, 0.1) is 0 Å². The maximum Gasteiger partial charge on any atom is 0.162 e. The van der Waals surface area contributed by atoms with E-state index in [9.17, 15) is 0 Å². The third-order valence-electron chi connectivity index (χ3n) is 11.4. The Morgan fingerprint density at radius 1 is 0.279 bits per heavy atom. The van der Waals surface area contributed by atoms with E-state index in [1.54, 1.807) is 0 Å². The van der Waals surface area contributed by atoms with Gasteiger partial charge in [0.1, 0.15) is 5.82 Å². The monoisotopic (exact) mass is 778 g/mol. The van der Waals surface area contributed by atoms with Gasteiger partial charge in [-0.25, -0.2) is 15.0 Å². The van der Waals surface area contributed by atoms with E-state index in [-0.39, 0.29) is 0 Å². The Morgan fingerprint density at radius 3 is 1.13 bits per heavy atom. The minimum absolute atomic E-state index is 0.672. The molecule has 0 radical (unpaired) electrons. The fourth-order valence-electron chi connectivity index (χ4n) is 8.65. The highest BCUT2D eigenvalue weighted by atomic mass is 15.1. The number of hydrogen-bond donors (Lipinski definition) is 0. The predicted octanol–water partition coefficient (Wildman–Crippen LogP) is 14.6. The Labute approximate surface area is 354 Å². The third kappa shape index (κ3) is 6.57. The molecule has 11 rings (SSSR count). The molecule has 4 nitrogen and oxygen atoms in total. The van der Waals surface area contributed by atoms with Crippen LogP contribution < -0.4 is 0 Å². The van der Waals surface area contributed by atoms with Crippen molar-refractivity contribution >= 4 is 21.8 Å². The molecule has 8 aromatic carbocycles. The summed E-state index contributed by atoms with van der Waals surface area (Å²) in [6, 6.07) is 80.9. The fourth-order valence-corrected chi connectivity index (χ4v) is 8.65. The van der Waals surface area contributed by atoms with Crippen LogP contribution in [0.15, 0.2) is 231 Å². The van der Waals surface area contributed by atoms with Gasteiger partial charge >= 0.3 is 0 Å². The zero-order valence-electron chi connectivity index (χ0n) is 33.2. The second kappa shape index (κ2) is 15.5. The summed E-state index contributed by atoms with van der Waals surface area (Å²) in [5.74, 6) is 1.49. The van der Waals surface area contributed by atoms with Gasteiger partial charge in [-0.05, 0) is 28.8 Å². The van der Waals surface area contributed by atoms with Crippen LogP contribution in [0.3, 0.4) is 0 Å². The lowest BCUT2D eigenvalue weighted by atomic mass is 9.83. The molecule has 0 fully saturated rings. The zero-order valence-corrected chi connectivity index (χ0v) is 33.2. The van der Waals surface area contributed by atoms with Crippen LogP contribution >= 0.6 is 0 Å². The SMILES string of the molecule is c1ccc(-c2nc(-c3ccc(-c4c(-c5ccccc5)c(-c5ccccc5)nc(-c5ccccc5)c4-c4ccccc4)cc3)cc(-n3c4ccccc4c4ccccc43)n2)cc1. The van der Waals surface area contributed by atoms with Crippen molar-refractivity contribution in [1.29, 1.82) is 0 Å². The summed E-state index contributed by atoms with van der Waals surface area (Å²) in [4.78, 5) is 16.1. The summed E-state index contributed by atoms with van der Waals surface area (Å²) in [7, 11) is 0. The van der Waals surface area contributed by atoms with Gasteiger partial charge < -0.3 is 0 Å². The highest BCUT2D eigenvalue weighted by Gasteiger charge is 2.25. The van der Waals surface area contributed by atoms with E-state index in [0.29, 0.717) is 5.82 Å². The van der Waals surface area contributed by atoms with Crippen LogP contribution in [-0.2, 0) is 0 Å². The largest absolute Gasteiger partial charge is 0.294 e. The highest BCUT2D eigenvalue weighted by Crippen LogP contribution is 2.49. The topological polar surface area (TPSA) is 43.6 Å². The Hall–Kier alpha value is -8.21. The Bertz CT molecular complexity index is 3150. The number of pyridine rings is 1. The lowest BCUT2D eigenvalue weighted by Crippen LogP contribution is -2.03. The van der Waals surface area contributed by atoms with E-state index < -0.39 is 0 Å². The van der Waals surface area contributed by atoms with Gasteiger partial charge in [0.15, 0.2) is 5.82 Å². The summed E-state index contributed by atoms with van der Waals surface area (Å²) in [6.07, 6.45) is 0. The molecule has 0 atom stereocenters. The molecule has 0 spiro atoms. The van der Waals surface area contributed by atoms with Crippen molar-refractivity contribution in [2.45, 2.75) is 0 Å². The normalized spacial score (nSPS) is 11.3. The van der Waals surface area contributed by atoms with Gasteiger partial charge in [-0.2, -0.15) is 0 Å². The molecule has 0 amide bonds. The van der Waals surface area contributed by atoms with Gasteiger partial charge in [-0.3, -0.25) is 4.57 Å². The Balaban J connectivity index is 1.17. The van der Waals surface area contributed by atoms with Gasteiger partial charge in [0, 0.05) is 55.8 Å². The molecule has 0 N–H and O–H groups in total. The molecule has 0 bridgehead atoms. The zero-order chi connectivity index (χ0) is 40.5. The molecular formula is C57H38N4. The number of para-hydroxylation sites is 2. The average Bonchev–Trinajstić information content (AvgIpc) is 3.69. The van der Waals surface area contributed by atoms with Crippen LogP contribution in [-0.4, -0.2) is 19.5 Å². The number of nitrogens with zero attached hydrogens (tertiary/aromatic N) is 4. The summed E-state index contributed by atoms with van der Waals surface area (Å²) >= 11 is 0. The lowest BCUT2D eigenvalue weighted by molar-refractivity contribution is 1.05. The number of rotatable bonds is 8. The smallest absolute Gasteiger partial charge is 0.162 e. The average molecular weight is 779 g/mol. The van der Waals surface area contributed by atoms with E-state index in [1.807, 2.05) is 18.2 Å². The van der Waals surface area contributed by atoms with E-state index in [0.717, 1.165) is 89.6 Å². The molecular weight excluding hydrogens is 741 g/mol. The maximum absolute atomic E-state index is 5.61. The van der Waals surface area contributed by atoms with Gasteiger partial charge in [0.05, 0.1) is 28.1 Å². The minimum atomic E-state index is 0.672. The van der Waals surface area contributed by atoms with Gasteiger partial charge in [0.25, 0.3) is 0 Å². The minimum Gasteiger partial charge on any atom is -0.294 e. The number of hydrogen-bond acceptors (Lipinski definition) is 3. The van der Waals surface area contributed by atoms with E-state index in [1.165, 1.54) is 10.8 Å². The Kier molecular flexibility index (Phi) is 9.14. The molecule has 3 aromatic heterocycles. The summed E-state index contributed by atoms with van der Waals surface area (Å²) in [5.41, 5.74) is 15.6. The van der Waals surface area contributed by atoms with E-state index in [2.05, 4.69) is 217 Å². The molecule has 61 heavy (non-hydrogen) atoms. The number of benzene rings is 8. The molecule has 0 aliphatic carbocycles. The maximum atomic E-state index is 5.61. The van der Waals surface area contributed by atoms with E-state index in [4.69, 9.17) is 15.0 Å². The van der Waals surface area contributed by atoms with Crippen molar-refractivity contribution in [3.63, 3.8) is 0 Å². The third-order valence-corrected chi connectivity index (χ3v) is 11.4. The summed E-state index contributed by atoms with van der Waals surface area (Å²) in [5, 5.41) is 2.38. The molecule has 0 saturated heterocycles. The number of fused-ring (bicyclic) bond motifs is 3. The molecule has 4 heteroatoms. The first-order valence-electron chi connectivity index (χ1n) is 20.6. The molecule has 0 saturated carbocycles. The van der Waals surface area contributed by atoms with Gasteiger partial charge in [-0.1, -0.05) is 212 Å². The first kappa shape index (κ1) is 35.9. The number of aromatic nitrogens is 4. The Morgan fingerprint density at radius 2 is 0.656 bits per heavy atom. The second-order valence-electron chi connectivity index (χ2n) is 15.1. The molecule has 3 heterocycles. The standard InChI is InChI=1S/C57H38N4/c1-6-20-40(21-7-1)53-52(54(41-22-8-2-9-23-41)56(44-26-12-4-13-27-44)60-55(53)43-24-10-3-11-25-43)42-36-34-39(35-37-42)48-38-51(59-57(58-48)45-28-14-5-15-29-45)61-49-32-18-16-30-46(49)47-31-17-19-33-50(47)61/h1-38H. The van der Waals surface area contributed by atoms with Crippen LogP contribution in [0.2, 0.25) is 0 Å². The summed E-state index contributed by atoms with van der Waals surface area (Å²) < 4.78 is 2.27. The highest BCUT2D eigenvalue weighted by molar-refractivity contribution is 6.09. The van der Waals surface area contributed by atoms with Crippen molar-refractivity contribution in [2.75, 3.05) is 0 Å². The molecule has 11 aromatic rings. The molecule has 0 unspecified atom stereocenters. The van der Waals surface area contributed by atoms with Crippen molar-refractivity contribution in [3.8, 4) is 84.4 Å². The second-order valence-corrected chi connectivity index (χ2v) is 15.1. The van der Waals surface area contributed by atoms with Crippen LogP contribution in [0.1, 0.15) is 0 Å². The van der Waals surface area contributed by atoms with Crippen LogP contribution in [0.5, 0.6) is 0 Å². The van der Waals surface area contributed by atoms with Crippen molar-refractivity contribution in [1.82, 2.24) is 19.5 Å². The molecule has 286 valence electrons. The van der Waals surface area contributed by atoms with Crippen LogP contribution in [0.4, 0.5) is 0 Å². The quantitative estimate of drug-likeness (QED) is 0.154. The van der Waals surface area contributed by atoms with Crippen molar-refractivity contribution < 1.29 is 0 Å². The fraction of sp³-hybridized carbons (Fsp3) is 0.